The molecule has 0 bridgehead atoms. The normalized spacial score (nSPS) is 11.9. The average Bonchev–Trinajstić information content (AvgIpc) is 2.36. The van der Waals surface area contributed by atoms with E-state index in [1.807, 2.05) is 0 Å². The molecule has 0 heterocycles. The van der Waals surface area contributed by atoms with Crippen LogP contribution in [-0.2, 0) is 4.79 Å². The maximum absolute atomic E-state index is 11.4. The number of amides is 1. The lowest BCUT2D eigenvalue weighted by Crippen LogP contribution is -2.34. The van der Waals surface area contributed by atoms with Crippen LogP contribution in [0.25, 0.3) is 0 Å². The summed E-state index contributed by atoms with van der Waals surface area (Å²) in [7, 11) is 1.62. The number of hydrogen-bond donors (Lipinski definition) is 1. The van der Waals surface area contributed by atoms with Gasteiger partial charge in [-0.2, -0.15) is 0 Å². The van der Waals surface area contributed by atoms with E-state index in [2.05, 4.69) is 0 Å². The molecule has 92 valence electrons. The first kappa shape index (κ1) is 13.1. The first-order chi connectivity index (χ1) is 7.97. The van der Waals surface area contributed by atoms with Crippen molar-refractivity contribution >= 4 is 11.6 Å². The molecule has 0 aliphatic carbocycles. The zero-order valence-corrected chi connectivity index (χ0v) is 9.79. The number of nitro benzene ring substituents is 1. The Kier molecular flexibility index (Phi) is 4.17. The van der Waals surface area contributed by atoms with Gasteiger partial charge in [0.2, 0.25) is 5.91 Å². The number of hydrogen-bond acceptors (Lipinski definition) is 4. The van der Waals surface area contributed by atoms with Gasteiger partial charge in [0, 0.05) is 19.2 Å². The summed E-state index contributed by atoms with van der Waals surface area (Å²) >= 11 is 0. The molecule has 17 heavy (non-hydrogen) atoms. The van der Waals surface area contributed by atoms with E-state index in [1.54, 1.807) is 26.1 Å². The Morgan fingerprint density at radius 2 is 2.24 bits per heavy atom. The third-order valence-electron chi connectivity index (χ3n) is 2.71. The Labute approximate surface area is 99.2 Å². The van der Waals surface area contributed by atoms with E-state index in [-0.39, 0.29) is 24.2 Å². The minimum Gasteiger partial charge on any atom is -0.338 e. The van der Waals surface area contributed by atoms with Gasteiger partial charge in [0.25, 0.3) is 5.69 Å². The first-order valence-corrected chi connectivity index (χ1v) is 5.17. The number of non-ortho nitro benzene ring substituents is 1. The van der Waals surface area contributed by atoms with E-state index >= 15 is 0 Å². The van der Waals surface area contributed by atoms with Crippen molar-refractivity contribution < 1.29 is 9.72 Å². The van der Waals surface area contributed by atoms with Gasteiger partial charge in [-0.3, -0.25) is 14.9 Å². The van der Waals surface area contributed by atoms with Crippen LogP contribution in [0.5, 0.6) is 0 Å². The van der Waals surface area contributed by atoms with Crippen LogP contribution < -0.4 is 5.73 Å². The molecule has 0 radical (unpaired) electrons. The number of nitrogens with two attached hydrogens (primary N) is 1. The van der Waals surface area contributed by atoms with Crippen molar-refractivity contribution in [1.82, 2.24) is 4.90 Å². The molecule has 0 spiro atoms. The Hall–Kier alpha value is -1.95. The molecule has 2 N–H and O–H groups in total. The van der Waals surface area contributed by atoms with E-state index in [1.165, 1.54) is 17.0 Å². The fourth-order valence-electron chi connectivity index (χ4n) is 1.48. The maximum atomic E-state index is 11.4. The van der Waals surface area contributed by atoms with Crippen molar-refractivity contribution in [3.8, 4) is 0 Å². The lowest BCUT2D eigenvalue weighted by molar-refractivity contribution is -0.384. The second-order valence-corrected chi connectivity index (χ2v) is 3.74. The van der Waals surface area contributed by atoms with Crippen LogP contribution in [-0.4, -0.2) is 29.3 Å². The fraction of sp³-hybridized carbons (Fsp3) is 0.364. The number of likely N-dealkylation sites (N-methyl/N-ethyl adjacent to an activating group) is 1. The molecule has 0 saturated carbocycles. The Morgan fingerprint density at radius 3 is 2.76 bits per heavy atom. The predicted molar refractivity (Wildman–Crippen MR) is 63.3 cm³/mol. The molecule has 0 saturated heterocycles. The Morgan fingerprint density at radius 1 is 1.59 bits per heavy atom. The van der Waals surface area contributed by atoms with Crippen molar-refractivity contribution in [3.63, 3.8) is 0 Å². The molecule has 1 unspecified atom stereocenters. The van der Waals surface area contributed by atoms with Gasteiger partial charge in [-0.15, -0.1) is 0 Å². The molecular weight excluding hydrogens is 222 g/mol. The average molecular weight is 237 g/mol. The van der Waals surface area contributed by atoms with Crippen LogP contribution in [0.1, 0.15) is 18.5 Å². The van der Waals surface area contributed by atoms with Crippen LogP contribution in [0, 0.1) is 10.1 Å². The number of nitrogens with zero attached hydrogens (tertiary/aromatic N) is 2. The SMILES string of the molecule is CC(c1cccc([N+](=O)[O-])c1)N(C)C(=O)CN. The van der Waals surface area contributed by atoms with Gasteiger partial charge in [-0.25, -0.2) is 0 Å². The Bertz CT molecular complexity index is 434. The summed E-state index contributed by atoms with van der Waals surface area (Å²) in [5.41, 5.74) is 6.00. The molecule has 1 amide bonds. The van der Waals surface area contributed by atoms with Gasteiger partial charge in [0.05, 0.1) is 17.5 Å². The number of rotatable bonds is 4. The highest BCUT2D eigenvalue weighted by molar-refractivity contribution is 5.78. The van der Waals surface area contributed by atoms with Crippen LogP contribution in [0.4, 0.5) is 5.69 Å². The number of benzene rings is 1. The second-order valence-electron chi connectivity index (χ2n) is 3.74. The highest BCUT2D eigenvalue weighted by Crippen LogP contribution is 2.22. The molecule has 1 aromatic carbocycles. The lowest BCUT2D eigenvalue weighted by atomic mass is 10.1. The van der Waals surface area contributed by atoms with Crippen molar-refractivity contribution in [1.29, 1.82) is 0 Å². The zero-order chi connectivity index (χ0) is 13.0. The lowest BCUT2D eigenvalue weighted by Gasteiger charge is -2.24. The first-order valence-electron chi connectivity index (χ1n) is 5.17. The van der Waals surface area contributed by atoms with Crippen molar-refractivity contribution in [2.24, 2.45) is 5.73 Å². The van der Waals surface area contributed by atoms with Gasteiger partial charge in [0.15, 0.2) is 0 Å². The summed E-state index contributed by atoms with van der Waals surface area (Å²) in [6, 6.07) is 5.99. The summed E-state index contributed by atoms with van der Waals surface area (Å²) in [5.74, 6) is -0.205. The van der Waals surface area contributed by atoms with Gasteiger partial charge in [-0.05, 0) is 12.5 Å². The molecule has 0 fully saturated rings. The minimum absolute atomic E-state index is 0.0166. The van der Waals surface area contributed by atoms with Gasteiger partial charge < -0.3 is 10.6 Å². The fourth-order valence-corrected chi connectivity index (χ4v) is 1.48. The summed E-state index contributed by atoms with van der Waals surface area (Å²) in [6.07, 6.45) is 0. The third kappa shape index (κ3) is 3.01. The number of carbonyl (C=O) groups is 1. The topological polar surface area (TPSA) is 89.5 Å². The van der Waals surface area contributed by atoms with E-state index in [0.717, 1.165) is 0 Å². The van der Waals surface area contributed by atoms with Gasteiger partial charge in [0.1, 0.15) is 0 Å². The number of carbonyl (C=O) groups excluding carboxylic acids is 1. The predicted octanol–water partition coefficient (Wildman–Crippen LogP) is 1.07. The minimum atomic E-state index is -0.457. The molecule has 6 heteroatoms. The second kappa shape index (κ2) is 5.40. The molecular formula is C11H15N3O3. The largest absolute Gasteiger partial charge is 0.338 e. The van der Waals surface area contributed by atoms with Crippen molar-refractivity contribution in [3.05, 3.63) is 39.9 Å². The molecule has 6 nitrogen and oxygen atoms in total. The Balaban J connectivity index is 2.96. The monoisotopic (exact) mass is 237 g/mol. The maximum Gasteiger partial charge on any atom is 0.269 e. The van der Waals surface area contributed by atoms with Gasteiger partial charge >= 0.3 is 0 Å². The molecule has 0 aliphatic heterocycles. The van der Waals surface area contributed by atoms with Crippen LogP contribution in [0.3, 0.4) is 0 Å². The van der Waals surface area contributed by atoms with Crippen molar-refractivity contribution in [2.45, 2.75) is 13.0 Å². The summed E-state index contributed by atoms with van der Waals surface area (Å²) in [4.78, 5) is 23.1. The smallest absolute Gasteiger partial charge is 0.269 e. The summed E-state index contributed by atoms with van der Waals surface area (Å²) < 4.78 is 0. The molecule has 0 aromatic heterocycles. The van der Waals surface area contributed by atoms with Crippen molar-refractivity contribution in [2.75, 3.05) is 13.6 Å². The number of nitro groups is 1. The summed E-state index contributed by atoms with van der Waals surface area (Å²) in [5, 5.41) is 10.6. The third-order valence-corrected chi connectivity index (χ3v) is 2.71. The van der Waals surface area contributed by atoms with Crippen LogP contribution >= 0.6 is 0 Å². The van der Waals surface area contributed by atoms with E-state index < -0.39 is 4.92 Å². The van der Waals surface area contributed by atoms with Crippen LogP contribution in [0.15, 0.2) is 24.3 Å². The van der Waals surface area contributed by atoms with Gasteiger partial charge in [-0.1, -0.05) is 12.1 Å². The summed E-state index contributed by atoms with van der Waals surface area (Å²) in [6.45, 7) is 1.72. The molecule has 1 aromatic rings. The van der Waals surface area contributed by atoms with E-state index in [4.69, 9.17) is 5.73 Å². The molecule has 0 aliphatic rings. The highest BCUT2D eigenvalue weighted by Gasteiger charge is 2.17. The van der Waals surface area contributed by atoms with E-state index in [0.29, 0.717) is 5.56 Å². The molecule has 1 rings (SSSR count). The molecule has 1 atom stereocenters. The quantitative estimate of drug-likeness (QED) is 0.626. The zero-order valence-electron chi connectivity index (χ0n) is 9.79. The van der Waals surface area contributed by atoms with E-state index in [9.17, 15) is 14.9 Å². The van der Waals surface area contributed by atoms with Crippen LogP contribution in [0.2, 0.25) is 0 Å². The standard InChI is InChI=1S/C11H15N3O3/c1-8(13(2)11(15)7-12)9-4-3-5-10(6-9)14(16)17/h3-6,8H,7,12H2,1-2H3. The highest BCUT2D eigenvalue weighted by atomic mass is 16.6.